The third-order valence-electron chi connectivity index (χ3n) is 3.19. The first-order valence-corrected chi connectivity index (χ1v) is 8.07. The molecular formula is C16H22N4O6. The second-order valence-corrected chi connectivity index (χ2v) is 5.29. The highest BCUT2D eigenvalue weighted by Crippen LogP contribution is 2.16. The van der Waals surface area contributed by atoms with Crippen LogP contribution in [0, 0.1) is 21.4 Å². The lowest BCUT2D eigenvalue weighted by Gasteiger charge is -2.14. The van der Waals surface area contributed by atoms with Crippen molar-refractivity contribution in [1.29, 1.82) is 5.26 Å². The molecule has 0 bridgehead atoms. The largest absolute Gasteiger partial charge is 0.489 e. The van der Waals surface area contributed by atoms with Crippen LogP contribution in [0.1, 0.15) is 18.4 Å². The zero-order valence-electron chi connectivity index (χ0n) is 14.2. The Kier molecular flexibility index (Phi) is 10.1. The molecule has 0 aliphatic rings. The number of hydrogen-bond donors (Lipinski definition) is 3. The molecule has 0 heterocycles. The Morgan fingerprint density at radius 1 is 1.38 bits per heavy atom. The van der Waals surface area contributed by atoms with Crippen LogP contribution >= 0.6 is 0 Å². The monoisotopic (exact) mass is 366 g/mol. The SMILES string of the molecule is N#Cc1ccccc1OCC(O)CNCCNC(=O)CCCO[N+](=O)[O-]. The van der Waals surface area contributed by atoms with Crippen molar-refractivity contribution in [2.75, 3.05) is 32.8 Å². The van der Waals surface area contributed by atoms with Crippen LogP contribution in [-0.2, 0) is 9.63 Å². The molecule has 0 radical (unpaired) electrons. The topological polar surface area (TPSA) is 147 Å². The molecular weight excluding hydrogens is 344 g/mol. The highest BCUT2D eigenvalue weighted by atomic mass is 16.9. The smallest absolute Gasteiger partial charge is 0.294 e. The summed E-state index contributed by atoms with van der Waals surface area (Å²) >= 11 is 0. The van der Waals surface area contributed by atoms with E-state index in [1.54, 1.807) is 24.3 Å². The standard InChI is InChI=1S/C16H22N4O6/c17-10-13-4-1-2-5-15(13)25-12-14(21)11-18-7-8-19-16(22)6-3-9-26-20(23)24/h1-2,4-5,14,18,21H,3,6-9,11-12H2,(H,19,22). The van der Waals surface area contributed by atoms with Gasteiger partial charge in [-0.2, -0.15) is 5.26 Å². The van der Waals surface area contributed by atoms with Crippen molar-refractivity contribution in [3.63, 3.8) is 0 Å². The van der Waals surface area contributed by atoms with Gasteiger partial charge < -0.3 is 25.3 Å². The third kappa shape index (κ3) is 9.41. The van der Waals surface area contributed by atoms with E-state index in [2.05, 4.69) is 15.5 Å². The molecule has 1 aromatic carbocycles. The van der Waals surface area contributed by atoms with E-state index in [9.17, 15) is 20.0 Å². The number of benzene rings is 1. The quantitative estimate of drug-likeness (QED) is 0.251. The maximum Gasteiger partial charge on any atom is 0.294 e. The van der Waals surface area contributed by atoms with Gasteiger partial charge in [0.2, 0.25) is 5.91 Å². The predicted octanol–water partition coefficient (Wildman–Crippen LogP) is -0.00772. The fraction of sp³-hybridized carbons (Fsp3) is 0.500. The molecule has 0 fully saturated rings. The van der Waals surface area contributed by atoms with E-state index in [0.29, 0.717) is 24.4 Å². The molecule has 1 unspecified atom stereocenters. The minimum absolute atomic E-state index is 0.0362. The Hall–Kier alpha value is -2.90. The van der Waals surface area contributed by atoms with Crippen LogP contribution < -0.4 is 15.4 Å². The van der Waals surface area contributed by atoms with E-state index in [0.717, 1.165) is 0 Å². The molecule has 3 N–H and O–H groups in total. The van der Waals surface area contributed by atoms with Crippen LogP contribution in [0.5, 0.6) is 5.75 Å². The Balaban J connectivity index is 2.06. The lowest BCUT2D eigenvalue weighted by atomic mass is 10.2. The molecule has 0 saturated carbocycles. The van der Waals surface area contributed by atoms with Crippen molar-refractivity contribution in [3.8, 4) is 11.8 Å². The van der Waals surface area contributed by atoms with Crippen molar-refractivity contribution in [2.24, 2.45) is 0 Å². The van der Waals surface area contributed by atoms with E-state index in [-0.39, 0.29) is 38.5 Å². The van der Waals surface area contributed by atoms with Gasteiger partial charge in [-0.15, -0.1) is 10.1 Å². The number of carbonyl (C=O) groups excluding carboxylic acids is 1. The minimum Gasteiger partial charge on any atom is -0.489 e. The average Bonchev–Trinajstić information content (AvgIpc) is 2.63. The number of amides is 1. The molecule has 0 aliphatic heterocycles. The number of para-hydroxylation sites is 1. The number of rotatable bonds is 13. The molecule has 1 aromatic rings. The number of carbonyl (C=O) groups is 1. The summed E-state index contributed by atoms with van der Waals surface area (Å²) in [5.41, 5.74) is 0.402. The van der Waals surface area contributed by atoms with Crippen molar-refractivity contribution in [1.82, 2.24) is 10.6 Å². The molecule has 1 rings (SSSR count). The zero-order chi connectivity index (χ0) is 19.2. The molecule has 1 atom stereocenters. The van der Waals surface area contributed by atoms with Crippen LogP contribution in [0.2, 0.25) is 0 Å². The number of nitrogens with zero attached hydrogens (tertiary/aromatic N) is 2. The van der Waals surface area contributed by atoms with Crippen molar-refractivity contribution in [2.45, 2.75) is 18.9 Å². The van der Waals surface area contributed by atoms with E-state index < -0.39 is 11.2 Å². The second-order valence-electron chi connectivity index (χ2n) is 5.29. The maximum atomic E-state index is 11.4. The van der Waals surface area contributed by atoms with Crippen LogP contribution in [0.15, 0.2) is 24.3 Å². The van der Waals surface area contributed by atoms with Gasteiger partial charge in [-0.05, 0) is 18.6 Å². The van der Waals surface area contributed by atoms with Gasteiger partial charge in [0.05, 0.1) is 12.2 Å². The van der Waals surface area contributed by atoms with Gasteiger partial charge in [-0.1, -0.05) is 12.1 Å². The lowest BCUT2D eigenvalue weighted by Crippen LogP contribution is -2.37. The molecule has 0 saturated heterocycles. The Bertz CT molecular complexity index is 619. The molecule has 0 spiro atoms. The number of nitriles is 1. The Morgan fingerprint density at radius 3 is 2.88 bits per heavy atom. The van der Waals surface area contributed by atoms with Crippen LogP contribution in [0.25, 0.3) is 0 Å². The van der Waals surface area contributed by atoms with E-state index in [1.807, 2.05) is 6.07 Å². The fourth-order valence-electron chi connectivity index (χ4n) is 1.95. The summed E-state index contributed by atoms with van der Waals surface area (Å²) < 4.78 is 5.41. The van der Waals surface area contributed by atoms with Crippen LogP contribution in [0.4, 0.5) is 0 Å². The van der Waals surface area contributed by atoms with E-state index >= 15 is 0 Å². The van der Waals surface area contributed by atoms with Gasteiger partial charge in [0, 0.05) is 26.1 Å². The molecule has 0 aliphatic carbocycles. The van der Waals surface area contributed by atoms with E-state index in [4.69, 9.17) is 10.00 Å². The fourth-order valence-corrected chi connectivity index (χ4v) is 1.95. The molecule has 10 nitrogen and oxygen atoms in total. The number of hydrogen-bond acceptors (Lipinski definition) is 8. The number of nitrogens with one attached hydrogen (secondary N) is 2. The number of aliphatic hydroxyl groups is 1. The third-order valence-corrected chi connectivity index (χ3v) is 3.19. The second kappa shape index (κ2) is 12.5. The molecule has 10 heteroatoms. The van der Waals surface area contributed by atoms with Gasteiger partial charge >= 0.3 is 0 Å². The summed E-state index contributed by atoms with van der Waals surface area (Å²) in [7, 11) is 0. The summed E-state index contributed by atoms with van der Waals surface area (Å²) in [4.78, 5) is 25.5. The first-order chi connectivity index (χ1) is 12.5. The predicted molar refractivity (Wildman–Crippen MR) is 90.7 cm³/mol. The Labute approximate surface area is 150 Å². The molecule has 142 valence electrons. The van der Waals surface area contributed by atoms with Gasteiger partial charge in [-0.3, -0.25) is 4.79 Å². The molecule has 1 amide bonds. The highest BCUT2D eigenvalue weighted by Gasteiger charge is 2.08. The van der Waals surface area contributed by atoms with Crippen LogP contribution in [0.3, 0.4) is 0 Å². The summed E-state index contributed by atoms with van der Waals surface area (Å²) in [6.45, 7) is 0.998. The molecule has 0 aromatic heterocycles. The van der Waals surface area contributed by atoms with Gasteiger partial charge in [0.1, 0.15) is 24.5 Å². The minimum atomic E-state index is -0.893. The Morgan fingerprint density at radius 2 is 2.15 bits per heavy atom. The summed E-state index contributed by atoms with van der Waals surface area (Å²) in [6.07, 6.45) is -0.361. The van der Waals surface area contributed by atoms with Gasteiger partial charge in [0.25, 0.3) is 5.09 Å². The summed E-state index contributed by atoms with van der Waals surface area (Å²) in [5.74, 6) is 0.193. The van der Waals surface area contributed by atoms with Gasteiger partial charge in [0.15, 0.2) is 0 Å². The number of aliphatic hydroxyl groups excluding tert-OH is 1. The van der Waals surface area contributed by atoms with Gasteiger partial charge in [-0.25, -0.2) is 0 Å². The van der Waals surface area contributed by atoms with E-state index in [1.165, 1.54) is 0 Å². The zero-order valence-corrected chi connectivity index (χ0v) is 14.2. The number of ether oxygens (including phenoxy) is 1. The first-order valence-electron chi connectivity index (χ1n) is 8.07. The van der Waals surface area contributed by atoms with Crippen molar-refractivity contribution < 1.29 is 24.6 Å². The maximum absolute atomic E-state index is 11.4. The molecule has 26 heavy (non-hydrogen) atoms. The summed E-state index contributed by atoms with van der Waals surface area (Å²) in [6, 6.07) is 8.77. The summed E-state index contributed by atoms with van der Waals surface area (Å²) in [5, 5.41) is 33.4. The first kappa shape index (κ1) is 21.1. The normalized spacial score (nSPS) is 11.2. The lowest BCUT2D eigenvalue weighted by molar-refractivity contribution is -0.757. The highest BCUT2D eigenvalue weighted by molar-refractivity contribution is 5.75. The average molecular weight is 366 g/mol. The van der Waals surface area contributed by atoms with Crippen LogP contribution in [-0.4, -0.2) is 55.1 Å². The van der Waals surface area contributed by atoms with Crippen molar-refractivity contribution >= 4 is 5.91 Å². The van der Waals surface area contributed by atoms with Crippen molar-refractivity contribution in [3.05, 3.63) is 39.9 Å².